The molecular weight excluding hydrogens is 416 g/mol. The summed E-state index contributed by atoms with van der Waals surface area (Å²) in [5, 5.41) is 7.23. The molecule has 0 spiro atoms. The molecule has 1 atom stereocenters. The molecule has 0 fully saturated rings. The average Bonchev–Trinajstić information content (AvgIpc) is 3.46. The van der Waals surface area contributed by atoms with E-state index < -0.39 is 5.91 Å². The lowest BCUT2D eigenvalue weighted by molar-refractivity contribution is 0.100. The number of rotatable bonds is 8. The Morgan fingerprint density at radius 1 is 1.23 bits per heavy atom. The lowest BCUT2D eigenvalue weighted by Gasteiger charge is -2.19. The van der Waals surface area contributed by atoms with Gasteiger partial charge in [0, 0.05) is 18.7 Å². The van der Waals surface area contributed by atoms with E-state index in [9.17, 15) is 4.79 Å². The summed E-state index contributed by atoms with van der Waals surface area (Å²) in [6, 6.07) is 8.74. The first-order valence-corrected chi connectivity index (χ1v) is 10.4. The van der Waals surface area contributed by atoms with Gasteiger partial charge in [0.25, 0.3) is 5.91 Å². The van der Waals surface area contributed by atoms with Crippen LogP contribution in [0.1, 0.15) is 22.0 Å². The minimum Gasteiger partial charge on any atom is -0.493 e. The number of methoxy groups -OCH3 is 2. The van der Waals surface area contributed by atoms with Gasteiger partial charge in [0.05, 0.1) is 36.9 Å². The fourth-order valence-corrected chi connectivity index (χ4v) is 4.04. The third kappa shape index (κ3) is 3.90. The van der Waals surface area contributed by atoms with Crippen molar-refractivity contribution in [2.75, 3.05) is 26.1 Å². The standard InChI is InChI=1S/C21H22N6O3S/c1-29-17-7-14-16(8-18(17)30-2)27(11-24-14)19-4-3-13(20(23)28)21(26-19)25-15(9-22)12-5-6-31-10-12/h3-8,10-11,15H,9,22H2,1-2H3,(H2,23,28)(H,25,26). The lowest BCUT2D eigenvalue weighted by atomic mass is 10.1. The van der Waals surface area contributed by atoms with Crippen LogP contribution in [0.4, 0.5) is 5.82 Å². The molecule has 0 aliphatic heterocycles. The van der Waals surface area contributed by atoms with Gasteiger partial charge in [-0.05, 0) is 34.5 Å². The molecule has 0 bridgehead atoms. The highest BCUT2D eigenvalue weighted by Gasteiger charge is 2.18. The van der Waals surface area contributed by atoms with Crippen LogP contribution in [0.25, 0.3) is 16.9 Å². The molecule has 3 aromatic heterocycles. The first-order chi connectivity index (χ1) is 15.0. The number of carbonyl (C=O) groups excluding carboxylic acids is 1. The number of nitrogens with one attached hydrogen (secondary N) is 1. The number of carbonyl (C=O) groups is 1. The smallest absolute Gasteiger partial charge is 0.252 e. The molecule has 9 nitrogen and oxygen atoms in total. The van der Waals surface area contributed by atoms with Gasteiger partial charge >= 0.3 is 0 Å². The van der Waals surface area contributed by atoms with Crippen LogP contribution in [-0.2, 0) is 0 Å². The summed E-state index contributed by atoms with van der Waals surface area (Å²) < 4.78 is 12.6. The van der Waals surface area contributed by atoms with E-state index in [0.29, 0.717) is 35.2 Å². The number of aromatic nitrogens is 3. The van der Waals surface area contributed by atoms with Crippen molar-refractivity contribution in [3.05, 3.63) is 58.5 Å². The second-order valence-corrected chi connectivity index (χ2v) is 7.51. The van der Waals surface area contributed by atoms with Gasteiger partial charge in [-0.25, -0.2) is 9.97 Å². The molecule has 31 heavy (non-hydrogen) atoms. The van der Waals surface area contributed by atoms with Crippen LogP contribution >= 0.6 is 11.3 Å². The maximum Gasteiger partial charge on any atom is 0.252 e. The van der Waals surface area contributed by atoms with Gasteiger partial charge in [-0.3, -0.25) is 9.36 Å². The van der Waals surface area contributed by atoms with E-state index in [1.807, 2.05) is 22.9 Å². The molecule has 0 aliphatic rings. The maximum absolute atomic E-state index is 12.0. The third-order valence-electron chi connectivity index (χ3n) is 4.94. The topological polar surface area (TPSA) is 130 Å². The second-order valence-electron chi connectivity index (χ2n) is 6.73. The highest BCUT2D eigenvalue weighted by molar-refractivity contribution is 7.08. The van der Waals surface area contributed by atoms with Crippen molar-refractivity contribution in [1.29, 1.82) is 0 Å². The molecule has 4 aromatic rings. The number of amides is 1. The molecule has 1 amide bonds. The van der Waals surface area contributed by atoms with Crippen molar-refractivity contribution in [3.8, 4) is 17.3 Å². The van der Waals surface area contributed by atoms with Crippen LogP contribution in [0.3, 0.4) is 0 Å². The van der Waals surface area contributed by atoms with Crippen LogP contribution in [0.5, 0.6) is 11.5 Å². The minimum absolute atomic E-state index is 0.212. The monoisotopic (exact) mass is 438 g/mol. The van der Waals surface area contributed by atoms with E-state index in [-0.39, 0.29) is 11.6 Å². The van der Waals surface area contributed by atoms with Gasteiger partial charge in [-0.2, -0.15) is 11.3 Å². The number of hydrogen-bond acceptors (Lipinski definition) is 8. The highest BCUT2D eigenvalue weighted by Crippen LogP contribution is 2.33. The van der Waals surface area contributed by atoms with E-state index in [1.165, 1.54) is 0 Å². The highest BCUT2D eigenvalue weighted by atomic mass is 32.1. The predicted octanol–water partition coefficient (Wildman–Crippen LogP) is 2.71. The van der Waals surface area contributed by atoms with E-state index >= 15 is 0 Å². The van der Waals surface area contributed by atoms with E-state index in [2.05, 4.69) is 15.3 Å². The summed E-state index contributed by atoms with van der Waals surface area (Å²) in [5.41, 5.74) is 14.3. The van der Waals surface area contributed by atoms with Crippen molar-refractivity contribution in [2.45, 2.75) is 6.04 Å². The fraction of sp³-hybridized carbons (Fsp3) is 0.190. The molecule has 4 rings (SSSR count). The van der Waals surface area contributed by atoms with Crippen molar-refractivity contribution in [3.63, 3.8) is 0 Å². The van der Waals surface area contributed by atoms with Crippen molar-refractivity contribution < 1.29 is 14.3 Å². The molecule has 1 unspecified atom stereocenters. The predicted molar refractivity (Wildman–Crippen MR) is 120 cm³/mol. The molecule has 1 aromatic carbocycles. The average molecular weight is 439 g/mol. The number of imidazole rings is 1. The number of pyridine rings is 1. The Hall–Kier alpha value is -3.63. The Kier molecular flexibility index (Phi) is 5.74. The zero-order valence-electron chi connectivity index (χ0n) is 17.0. The molecule has 5 N–H and O–H groups in total. The Labute approximate surface area is 182 Å². The van der Waals surface area contributed by atoms with Crippen molar-refractivity contribution in [2.24, 2.45) is 11.5 Å². The van der Waals surface area contributed by atoms with Gasteiger partial charge in [0.1, 0.15) is 18.0 Å². The molecule has 10 heteroatoms. The van der Waals surface area contributed by atoms with Crippen LogP contribution in [0, 0.1) is 0 Å². The van der Waals surface area contributed by atoms with Crippen LogP contribution in [0.15, 0.2) is 47.4 Å². The number of primary amides is 1. The molecule has 0 radical (unpaired) electrons. The summed E-state index contributed by atoms with van der Waals surface area (Å²) >= 11 is 1.57. The summed E-state index contributed by atoms with van der Waals surface area (Å²) in [6.07, 6.45) is 1.65. The quantitative estimate of drug-likeness (QED) is 0.385. The first kappa shape index (κ1) is 20.6. The van der Waals surface area contributed by atoms with Crippen LogP contribution in [-0.4, -0.2) is 41.2 Å². The largest absolute Gasteiger partial charge is 0.493 e. The summed E-state index contributed by atoms with van der Waals surface area (Å²) in [7, 11) is 3.15. The number of thiophene rings is 1. The minimum atomic E-state index is -0.579. The Morgan fingerprint density at radius 2 is 2.00 bits per heavy atom. The molecule has 0 saturated heterocycles. The molecule has 3 heterocycles. The normalized spacial score (nSPS) is 12.0. The zero-order chi connectivity index (χ0) is 22.0. The van der Waals surface area contributed by atoms with Gasteiger partial charge in [-0.1, -0.05) is 0 Å². The number of nitrogens with zero attached hydrogens (tertiary/aromatic N) is 3. The maximum atomic E-state index is 12.0. The van der Waals surface area contributed by atoms with Crippen molar-refractivity contribution >= 4 is 34.1 Å². The number of anilines is 1. The summed E-state index contributed by atoms with van der Waals surface area (Å²) in [6.45, 7) is 0.325. The van der Waals surface area contributed by atoms with E-state index in [1.54, 1.807) is 54.6 Å². The SMILES string of the molecule is COc1cc2ncn(-c3ccc(C(N)=O)c(NC(CN)c4ccsc4)n3)c2cc1OC. The van der Waals surface area contributed by atoms with E-state index in [0.717, 1.165) is 11.1 Å². The summed E-state index contributed by atoms with van der Waals surface area (Å²) in [5.74, 6) is 1.49. The van der Waals surface area contributed by atoms with Crippen molar-refractivity contribution in [1.82, 2.24) is 14.5 Å². The lowest BCUT2D eigenvalue weighted by Crippen LogP contribution is -2.23. The molecular formula is C21H22N6O3S. The second kappa shape index (κ2) is 8.62. The Morgan fingerprint density at radius 3 is 2.65 bits per heavy atom. The molecule has 0 aliphatic carbocycles. The fourth-order valence-electron chi connectivity index (χ4n) is 3.33. The molecule has 0 saturated carbocycles. The van der Waals surface area contributed by atoms with Gasteiger partial charge in [-0.15, -0.1) is 0 Å². The number of benzene rings is 1. The van der Waals surface area contributed by atoms with Gasteiger partial charge < -0.3 is 26.3 Å². The van der Waals surface area contributed by atoms with Crippen LogP contribution in [0.2, 0.25) is 0 Å². The van der Waals surface area contributed by atoms with Gasteiger partial charge in [0.15, 0.2) is 11.5 Å². The summed E-state index contributed by atoms with van der Waals surface area (Å²) in [4.78, 5) is 21.1. The number of fused-ring (bicyclic) bond motifs is 1. The Balaban J connectivity index is 1.79. The number of hydrogen-bond donors (Lipinski definition) is 3. The third-order valence-corrected chi connectivity index (χ3v) is 5.64. The van der Waals surface area contributed by atoms with E-state index in [4.69, 9.17) is 20.9 Å². The number of nitrogens with two attached hydrogens (primary N) is 2. The van der Waals surface area contributed by atoms with Gasteiger partial charge in [0.2, 0.25) is 0 Å². The zero-order valence-corrected chi connectivity index (χ0v) is 17.8. The first-order valence-electron chi connectivity index (χ1n) is 9.44. The van der Waals surface area contributed by atoms with Crippen LogP contribution < -0.4 is 26.3 Å². The number of ether oxygens (including phenoxy) is 2. The Bertz CT molecular complexity index is 1220. The molecule has 160 valence electrons.